The summed E-state index contributed by atoms with van der Waals surface area (Å²) in [5.41, 5.74) is 8.15. The predicted molar refractivity (Wildman–Crippen MR) is 74.5 cm³/mol. The van der Waals surface area contributed by atoms with Crippen LogP contribution < -0.4 is 11.1 Å². The number of rotatable bonds is 3. The molecule has 1 aliphatic carbocycles. The van der Waals surface area contributed by atoms with Crippen molar-refractivity contribution in [1.29, 1.82) is 0 Å². The van der Waals surface area contributed by atoms with Gasteiger partial charge in [-0.1, -0.05) is 12.8 Å². The number of nitrogens with two attached hydrogens (primary N) is 1. The highest BCUT2D eigenvalue weighted by Crippen LogP contribution is 2.27. The lowest BCUT2D eigenvalue weighted by atomic mass is 9.99. The average molecular weight is 246 g/mol. The van der Waals surface area contributed by atoms with Crippen LogP contribution in [0, 0.1) is 12.8 Å². The van der Waals surface area contributed by atoms with Crippen LogP contribution in [0.2, 0.25) is 0 Å². The third kappa shape index (κ3) is 2.84. The molecule has 3 heteroatoms. The van der Waals surface area contributed by atoms with Crippen molar-refractivity contribution >= 4 is 11.6 Å². The third-order valence-corrected chi connectivity index (χ3v) is 4.00. The minimum Gasteiger partial charge on any atom is -0.399 e. The number of benzene rings is 1. The van der Waals surface area contributed by atoms with E-state index in [4.69, 9.17) is 5.73 Å². The molecule has 0 radical (unpaired) electrons. The quantitative estimate of drug-likeness (QED) is 0.806. The smallest absolute Gasteiger partial charge is 0.251 e. The molecule has 3 N–H and O–H groups in total. The summed E-state index contributed by atoms with van der Waals surface area (Å²) < 4.78 is 0. The highest BCUT2D eigenvalue weighted by molar-refractivity contribution is 5.95. The molecule has 1 aromatic carbocycles. The number of carbonyl (C=O) groups is 1. The first-order valence-corrected chi connectivity index (χ1v) is 6.75. The van der Waals surface area contributed by atoms with Crippen molar-refractivity contribution in [1.82, 2.24) is 5.32 Å². The second kappa shape index (κ2) is 5.42. The standard InChI is InChI=1S/C15H22N2O/c1-10-9-13(7-8-14(10)16)15(18)17-11(2)12-5-3-4-6-12/h7-9,11-12H,3-6,16H2,1-2H3,(H,17,18)/t11-/m0/s1. The Balaban J connectivity index is 2.00. The topological polar surface area (TPSA) is 55.1 Å². The Morgan fingerprint density at radius 1 is 1.39 bits per heavy atom. The van der Waals surface area contributed by atoms with Crippen LogP contribution in [-0.2, 0) is 0 Å². The fourth-order valence-corrected chi connectivity index (χ4v) is 2.68. The van der Waals surface area contributed by atoms with Gasteiger partial charge in [0, 0.05) is 17.3 Å². The summed E-state index contributed by atoms with van der Waals surface area (Å²) in [5, 5.41) is 3.11. The molecule has 1 fully saturated rings. The maximum Gasteiger partial charge on any atom is 0.251 e. The largest absolute Gasteiger partial charge is 0.399 e. The molecule has 1 amide bonds. The van der Waals surface area contributed by atoms with Gasteiger partial charge in [0.2, 0.25) is 0 Å². The zero-order chi connectivity index (χ0) is 13.1. The molecule has 98 valence electrons. The van der Waals surface area contributed by atoms with E-state index in [1.165, 1.54) is 25.7 Å². The summed E-state index contributed by atoms with van der Waals surface area (Å²) in [6.45, 7) is 4.03. The fraction of sp³-hybridized carbons (Fsp3) is 0.533. The molecule has 1 atom stereocenters. The van der Waals surface area contributed by atoms with Crippen molar-refractivity contribution in [3.63, 3.8) is 0 Å². The summed E-state index contributed by atoms with van der Waals surface area (Å²) in [5.74, 6) is 0.654. The molecule has 3 nitrogen and oxygen atoms in total. The Kier molecular flexibility index (Phi) is 3.90. The summed E-state index contributed by atoms with van der Waals surface area (Å²) in [7, 11) is 0. The van der Waals surface area contributed by atoms with Crippen molar-refractivity contribution in [3.05, 3.63) is 29.3 Å². The lowest BCUT2D eigenvalue weighted by molar-refractivity contribution is 0.0927. The summed E-state index contributed by atoms with van der Waals surface area (Å²) >= 11 is 0. The van der Waals surface area contributed by atoms with Crippen LogP contribution in [0.1, 0.15) is 48.5 Å². The number of hydrogen-bond acceptors (Lipinski definition) is 2. The molecule has 0 spiro atoms. The number of carbonyl (C=O) groups excluding carboxylic acids is 1. The van der Waals surface area contributed by atoms with Gasteiger partial charge in [0.05, 0.1) is 0 Å². The number of anilines is 1. The molecule has 0 bridgehead atoms. The number of nitrogen functional groups attached to an aromatic ring is 1. The molecule has 0 heterocycles. The third-order valence-electron chi connectivity index (χ3n) is 4.00. The van der Waals surface area contributed by atoms with Crippen LogP contribution in [0.15, 0.2) is 18.2 Å². The van der Waals surface area contributed by atoms with E-state index in [0.29, 0.717) is 11.5 Å². The van der Waals surface area contributed by atoms with E-state index in [-0.39, 0.29) is 11.9 Å². The van der Waals surface area contributed by atoms with Crippen LogP contribution in [0.5, 0.6) is 0 Å². The van der Waals surface area contributed by atoms with Crippen molar-refractivity contribution < 1.29 is 4.79 Å². The Morgan fingerprint density at radius 3 is 2.67 bits per heavy atom. The van der Waals surface area contributed by atoms with Gasteiger partial charge >= 0.3 is 0 Å². The number of aryl methyl sites for hydroxylation is 1. The van der Waals surface area contributed by atoms with Crippen molar-refractivity contribution in [2.24, 2.45) is 5.92 Å². The summed E-state index contributed by atoms with van der Waals surface area (Å²) in [6.07, 6.45) is 5.07. The van der Waals surface area contributed by atoms with E-state index in [1.54, 1.807) is 12.1 Å². The second-order valence-corrected chi connectivity index (χ2v) is 5.38. The van der Waals surface area contributed by atoms with Crippen LogP contribution in [0.25, 0.3) is 0 Å². The van der Waals surface area contributed by atoms with Gasteiger partial charge in [0.15, 0.2) is 0 Å². The van der Waals surface area contributed by atoms with Gasteiger partial charge in [-0.15, -0.1) is 0 Å². The SMILES string of the molecule is Cc1cc(C(=O)N[C@@H](C)C2CCCC2)ccc1N. The maximum absolute atomic E-state index is 12.1. The first kappa shape index (κ1) is 12.9. The summed E-state index contributed by atoms with van der Waals surface area (Å²) in [6, 6.07) is 5.70. The van der Waals surface area contributed by atoms with E-state index in [0.717, 1.165) is 11.3 Å². The molecule has 1 aliphatic rings. The number of hydrogen-bond donors (Lipinski definition) is 2. The molecule has 0 aliphatic heterocycles. The second-order valence-electron chi connectivity index (χ2n) is 5.38. The minimum absolute atomic E-state index is 0.0116. The van der Waals surface area contributed by atoms with Crippen molar-refractivity contribution in [2.45, 2.75) is 45.6 Å². The van der Waals surface area contributed by atoms with Gasteiger partial charge in [0.25, 0.3) is 5.91 Å². The molecular weight excluding hydrogens is 224 g/mol. The van der Waals surface area contributed by atoms with Crippen molar-refractivity contribution in [2.75, 3.05) is 5.73 Å². The van der Waals surface area contributed by atoms with Gasteiger partial charge < -0.3 is 11.1 Å². The first-order valence-electron chi connectivity index (χ1n) is 6.75. The van der Waals surface area contributed by atoms with E-state index < -0.39 is 0 Å². The normalized spacial score (nSPS) is 17.7. The van der Waals surface area contributed by atoms with E-state index in [1.807, 2.05) is 13.0 Å². The van der Waals surface area contributed by atoms with Crippen molar-refractivity contribution in [3.8, 4) is 0 Å². The van der Waals surface area contributed by atoms with Crippen LogP contribution in [-0.4, -0.2) is 11.9 Å². The highest BCUT2D eigenvalue weighted by Gasteiger charge is 2.23. The van der Waals surface area contributed by atoms with E-state index in [2.05, 4.69) is 12.2 Å². The molecule has 2 rings (SSSR count). The van der Waals surface area contributed by atoms with Gasteiger partial charge in [0.1, 0.15) is 0 Å². The van der Waals surface area contributed by atoms with Gasteiger partial charge in [-0.2, -0.15) is 0 Å². The van der Waals surface area contributed by atoms with E-state index >= 15 is 0 Å². The van der Waals surface area contributed by atoms with Gasteiger partial charge in [-0.3, -0.25) is 4.79 Å². The summed E-state index contributed by atoms with van der Waals surface area (Å²) in [4.78, 5) is 12.1. The Hall–Kier alpha value is -1.51. The molecule has 0 saturated heterocycles. The number of amides is 1. The molecule has 0 aromatic heterocycles. The van der Waals surface area contributed by atoms with Crippen LogP contribution >= 0.6 is 0 Å². The van der Waals surface area contributed by atoms with Gasteiger partial charge in [-0.25, -0.2) is 0 Å². The first-order chi connectivity index (χ1) is 8.58. The molecular formula is C15H22N2O. The zero-order valence-electron chi connectivity index (χ0n) is 11.2. The van der Waals surface area contributed by atoms with Crippen LogP contribution in [0.3, 0.4) is 0 Å². The number of nitrogens with one attached hydrogen (secondary N) is 1. The predicted octanol–water partition coefficient (Wildman–Crippen LogP) is 2.89. The fourth-order valence-electron chi connectivity index (χ4n) is 2.68. The molecule has 18 heavy (non-hydrogen) atoms. The highest BCUT2D eigenvalue weighted by atomic mass is 16.1. The Morgan fingerprint density at radius 2 is 2.06 bits per heavy atom. The zero-order valence-corrected chi connectivity index (χ0v) is 11.2. The Labute approximate surface area is 109 Å². The Bertz CT molecular complexity index is 436. The van der Waals surface area contributed by atoms with E-state index in [9.17, 15) is 4.79 Å². The maximum atomic E-state index is 12.1. The molecule has 1 saturated carbocycles. The lowest BCUT2D eigenvalue weighted by Gasteiger charge is -2.20. The average Bonchev–Trinajstić information content (AvgIpc) is 2.86. The molecule has 0 unspecified atom stereocenters. The lowest BCUT2D eigenvalue weighted by Crippen LogP contribution is -2.37. The monoisotopic (exact) mass is 246 g/mol. The minimum atomic E-state index is 0.0116. The van der Waals surface area contributed by atoms with Crippen LogP contribution in [0.4, 0.5) is 5.69 Å². The molecule has 1 aromatic rings. The van der Waals surface area contributed by atoms with Gasteiger partial charge in [-0.05, 0) is 56.4 Å².